The zero-order chi connectivity index (χ0) is 12.3. The monoisotopic (exact) mass is 253 g/mol. The van der Waals surface area contributed by atoms with Gasteiger partial charge in [-0.2, -0.15) is 0 Å². The van der Waals surface area contributed by atoms with Crippen molar-refractivity contribution in [1.82, 2.24) is 9.88 Å². The minimum Gasteiger partial charge on any atom is -0.369 e. The molecule has 2 rings (SSSR count). The van der Waals surface area contributed by atoms with Crippen LogP contribution in [0.3, 0.4) is 0 Å². The molecule has 0 spiro atoms. The molecule has 0 aliphatic carbocycles. The van der Waals surface area contributed by atoms with Crippen molar-refractivity contribution in [2.75, 3.05) is 32.1 Å². The zero-order valence-corrected chi connectivity index (χ0v) is 11.3. The Morgan fingerprint density at radius 3 is 3.12 bits per heavy atom. The van der Waals surface area contributed by atoms with Crippen LogP contribution in [0.2, 0.25) is 0 Å². The molecule has 1 aromatic rings. The summed E-state index contributed by atoms with van der Waals surface area (Å²) in [5, 5.41) is 0. The quantitative estimate of drug-likeness (QED) is 0.771. The minimum atomic E-state index is 0.546. The summed E-state index contributed by atoms with van der Waals surface area (Å²) in [6.07, 6.45) is 6.24. The van der Waals surface area contributed by atoms with E-state index in [0.717, 1.165) is 12.1 Å². The first-order chi connectivity index (χ1) is 8.22. The molecule has 17 heavy (non-hydrogen) atoms. The van der Waals surface area contributed by atoms with E-state index in [9.17, 15) is 0 Å². The van der Waals surface area contributed by atoms with Crippen molar-refractivity contribution in [2.45, 2.75) is 24.8 Å². The Balaban J connectivity index is 2.15. The van der Waals surface area contributed by atoms with Crippen molar-refractivity contribution in [2.24, 2.45) is 0 Å². The first-order valence-corrected chi connectivity index (χ1v) is 6.66. The van der Waals surface area contributed by atoms with Crippen molar-refractivity contribution in [3.8, 4) is 0 Å². The molecule has 2 heterocycles. The zero-order valence-electron chi connectivity index (χ0n) is 10.6. The molecular formula is C13H20ClN3. The second kappa shape index (κ2) is 5.69. The van der Waals surface area contributed by atoms with Gasteiger partial charge < -0.3 is 9.80 Å². The lowest BCUT2D eigenvalue weighted by Crippen LogP contribution is -2.45. The highest BCUT2D eigenvalue weighted by Gasteiger charge is 2.22. The second-order valence-electron chi connectivity index (χ2n) is 4.81. The van der Waals surface area contributed by atoms with E-state index in [0.29, 0.717) is 11.9 Å². The molecule has 0 aromatic carbocycles. The fraction of sp³-hybridized carbons (Fsp3) is 0.615. The van der Waals surface area contributed by atoms with Crippen LogP contribution < -0.4 is 4.90 Å². The van der Waals surface area contributed by atoms with E-state index in [2.05, 4.69) is 28.9 Å². The number of pyridine rings is 1. The number of hydrogen-bond acceptors (Lipinski definition) is 3. The van der Waals surface area contributed by atoms with Crippen molar-refractivity contribution >= 4 is 17.3 Å². The Kier molecular flexibility index (Phi) is 4.24. The molecule has 1 unspecified atom stereocenters. The number of hydrogen-bond donors (Lipinski definition) is 0. The van der Waals surface area contributed by atoms with Gasteiger partial charge in [0.15, 0.2) is 0 Å². The van der Waals surface area contributed by atoms with E-state index in [1.54, 1.807) is 0 Å². The van der Waals surface area contributed by atoms with Gasteiger partial charge in [-0.3, -0.25) is 4.98 Å². The SMILES string of the molecule is CN1CCCC(N(C)c2cnccc2CCl)C1. The predicted octanol–water partition coefficient (Wildman–Crippen LogP) is 2.35. The van der Waals surface area contributed by atoms with Crippen LogP contribution in [-0.2, 0) is 5.88 Å². The molecular weight excluding hydrogens is 234 g/mol. The predicted molar refractivity (Wildman–Crippen MR) is 72.7 cm³/mol. The van der Waals surface area contributed by atoms with Gasteiger partial charge in [0.05, 0.1) is 11.9 Å². The number of rotatable bonds is 3. The number of halogens is 1. The van der Waals surface area contributed by atoms with Crippen LogP contribution in [0.5, 0.6) is 0 Å². The largest absolute Gasteiger partial charge is 0.369 e. The second-order valence-corrected chi connectivity index (χ2v) is 5.07. The van der Waals surface area contributed by atoms with E-state index in [1.165, 1.54) is 25.1 Å². The molecule has 0 N–H and O–H groups in total. The summed E-state index contributed by atoms with van der Waals surface area (Å²) in [6, 6.07) is 2.57. The summed E-state index contributed by atoms with van der Waals surface area (Å²) in [5.74, 6) is 0.546. The average Bonchev–Trinajstić information content (AvgIpc) is 2.38. The van der Waals surface area contributed by atoms with E-state index in [4.69, 9.17) is 11.6 Å². The first kappa shape index (κ1) is 12.7. The third-order valence-electron chi connectivity index (χ3n) is 3.56. The lowest BCUT2D eigenvalue weighted by Gasteiger charge is -2.37. The van der Waals surface area contributed by atoms with Crippen LogP contribution in [0, 0.1) is 0 Å². The van der Waals surface area contributed by atoms with Gasteiger partial charge in [-0.25, -0.2) is 0 Å². The first-order valence-electron chi connectivity index (χ1n) is 6.12. The molecule has 1 aliphatic rings. The Bertz CT molecular complexity index is 369. The van der Waals surface area contributed by atoms with Crippen LogP contribution >= 0.6 is 11.6 Å². The maximum atomic E-state index is 5.98. The minimum absolute atomic E-state index is 0.546. The number of piperidine rings is 1. The number of likely N-dealkylation sites (tertiary alicyclic amines) is 1. The van der Waals surface area contributed by atoms with Gasteiger partial charge in [0.1, 0.15) is 0 Å². The molecule has 1 aliphatic heterocycles. The molecule has 1 fully saturated rings. The molecule has 0 bridgehead atoms. The third kappa shape index (κ3) is 2.90. The Hall–Kier alpha value is -0.800. The highest BCUT2D eigenvalue weighted by molar-refractivity contribution is 6.17. The summed E-state index contributed by atoms with van der Waals surface area (Å²) < 4.78 is 0. The molecule has 4 heteroatoms. The topological polar surface area (TPSA) is 19.4 Å². The Labute approximate surface area is 108 Å². The molecule has 0 amide bonds. The van der Waals surface area contributed by atoms with Crippen molar-refractivity contribution in [1.29, 1.82) is 0 Å². The van der Waals surface area contributed by atoms with E-state index in [-0.39, 0.29) is 0 Å². The molecule has 94 valence electrons. The normalized spacial score (nSPS) is 21.5. The van der Waals surface area contributed by atoms with Crippen molar-refractivity contribution in [3.63, 3.8) is 0 Å². The third-order valence-corrected chi connectivity index (χ3v) is 3.85. The van der Waals surface area contributed by atoms with Gasteiger partial charge in [-0.15, -0.1) is 11.6 Å². The number of nitrogens with zero attached hydrogens (tertiary/aromatic N) is 3. The van der Waals surface area contributed by atoms with E-state index < -0.39 is 0 Å². The lowest BCUT2D eigenvalue weighted by atomic mass is 10.0. The van der Waals surface area contributed by atoms with Gasteiger partial charge in [0.2, 0.25) is 0 Å². The Morgan fingerprint density at radius 2 is 2.41 bits per heavy atom. The fourth-order valence-corrected chi connectivity index (χ4v) is 2.72. The molecule has 0 saturated carbocycles. The lowest BCUT2D eigenvalue weighted by molar-refractivity contribution is 0.248. The van der Waals surface area contributed by atoms with Crippen molar-refractivity contribution < 1.29 is 0 Å². The molecule has 1 aromatic heterocycles. The van der Waals surface area contributed by atoms with Crippen LogP contribution in [-0.4, -0.2) is 43.1 Å². The van der Waals surface area contributed by atoms with Gasteiger partial charge in [-0.1, -0.05) is 0 Å². The number of aromatic nitrogens is 1. The Morgan fingerprint density at radius 1 is 1.59 bits per heavy atom. The maximum Gasteiger partial charge on any atom is 0.0597 e. The van der Waals surface area contributed by atoms with Gasteiger partial charge >= 0.3 is 0 Å². The molecule has 1 atom stereocenters. The maximum absolute atomic E-state index is 5.98. The summed E-state index contributed by atoms with van der Waals surface area (Å²) in [7, 11) is 4.34. The fourth-order valence-electron chi connectivity index (χ4n) is 2.50. The van der Waals surface area contributed by atoms with Crippen LogP contribution in [0.15, 0.2) is 18.5 Å². The smallest absolute Gasteiger partial charge is 0.0597 e. The van der Waals surface area contributed by atoms with E-state index >= 15 is 0 Å². The summed E-state index contributed by atoms with van der Waals surface area (Å²) in [4.78, 5) is 8.94. The van der Waals surface area contributed by atoms with E-state index in [1.807, 2.05) is 18.5 Å². The summed E-state index contributed by atoms with van der Waals surface area (Å²) >= 11 is 5.98. The van der Waals surface area contributed by atoms with Crippen LogP contribution in [0.4, 0.5) is 5.69 Å². The highest BCUT2D eigenvalue weighted by atomic mass is 35.5. The van der Waals surface area contributed by atoms with Crippen molar-refractivity contribution in [3.05, 3.63) is 24.0 Å². The number of likely N-dealkylation sites (N-methyl/N-ethyl adjacent to an activating group) is 2. The highest BCUT2D eigenvalue weighted by Crippen LogP contribution is 2.24. The molecule has 1 saturated heterocycles. The summed E-state index contributed by atoms with van der Waals surface area (Å²) in [5.41, 5.74) is 2.33. The number of anilines is 1. The standard InChI is InChI=1S/C13H20ClN3/c1-16-7-3-4-12(10-16)17(2)13-9-15-6-5-11(13)8-14/h5-6,9,12H,3-4,7-8,10H2,1-2H3. The molecule has 3 nitrogen and oxygen atoms in total. The van der Waals surface area contributed by atoms with Gasteiger partial charge in [0, 0.05) is 31.7 Å². The van der Waals surface area contributed by atoms with Crippen LogP contribution in [0.25, 0.3) is 0 Å². The van der Waals surface area contributed by atoms with Crippen LogP contribution in [0.1, 0.15) is 18.4 Å². The van der Waals surface area contributed by atoms with Gasteiger partial charge in [-0.05, 0) is 38.1 Å². The average molecular weight is 254 g/mol. The summed E-state index contributed by atoms with van der Waals surface area (Å²) in [6.45, 7) is 2.33. The van der Waals surface area contributed by atoms with Gasteiger partial charge in [0.25, 0.3) is 0 Å². The molecule has 0 radical (unpaired) electrons. The number of alkyl halides is 1.